The van der Waals surface area contributed by atoms with Crippen LogP contribution in [-0.2, 0) is 13.1 Å². The summed E-state index contributed by atoms with van der Waals surface area (Å²) in [4.78, 5) is 18.8. The number of rotatable bonds is 5. The Balaban J connectivity index is 2.02. The molecule has 0 aliphatic heterocycles. The van der Waals surface area contributed by atoms with Crippen LogP contribution in [0.4, 0.5) is 5.69 Å². The predicted molar refractivity (Wildman–Crippen MR) is 75.4 cm³/mol. The molecule has 0 saturated carbocycles. The third-order valence-corrected chi connectivity index (χ3v) is 2.93. The van der Waals surface area contributed by atoms with Crippen molar-refractivity contribution < 1.29 is 4.92 Å². The first-order valence-corrected chi connectivity index (χ1v) is 6.35. The standard InChI is InChI=1S/C13H13ClN4O2/c1-9-5-17-12(8-16-9)7-15-6-10-4-11(14)2-3-13(10)18(19)20/h2-5,8,15H,6-7H2,1H3. The lowest BCUT2D eigenvalue weighted by Crippen LogP contribution is -2.15. The Morgan fingerprint density at radius 1 is 1.30 bits per heavy atom. The molecule has 1 N–H and O–H groups in total. The zero-order valence-corrected chi connectivity index (χ0v) is 11.6. The van der Waals surface area contributed by atoms with Crippen molar-refractivity contribution in [3.63, 3.8) is 0 Å². The van der Waals surface area contributed by atoms with Gasteiger partial charge in [0.2, 0.25) is 0 Å². The number of aryl methyl sites for hydroxylation is 1. The van der Waals surface area contributed by atoms with Gasteiger partial charge in [-0.25, -0.2) is 0 Å². The number of benzene rings is 1. The van der Waals surface area contributed by atoms with Crippen molar-refractivity contribution in [2.75, 3.05) is 0 Å². The molecule has 0 radical (unpaired) electrons. The first kappa shape index (κ1) is 14.4. The predicted octanol–water partition coefficient (Wildman–Crippen LogP) is 2.64. The lowest BCUT2D eigenvalue weighted by atomic mass is 10.2. The molecule has 1 heterocycles. The second-order valence-electron chi connectivity index (χ2n) is 4.28. The summed E-state index contributed by atoms with van der Waals surface area (Å²) < 4.78 is 0. The molecule has 1 aromatic heterocycles. The fourth-order valence-electron chi connectivity index (χ4n) is 1.71. The Labute approximate surface area is 121 Å². The summed E-state index contributed by atoms with van der Waals surface area (Å²) in [6.07, 6.45) is 3.35. The fourth-order valence-corrected chi connectivity index (χ4v) is 1.90. The molecule has 0 aliphatic rings. The van der Waals surface area contributed by atoms with Gasteiger partial charge in [-0.15, -0.1) is 0 Å². The summed E-state index contributed by atoms with van der Waals surface area (Å²) in [5, 5.41) is 14.5. The minimum absolute atomic E-state index is 0.0527. The molecule has 0 atom stereocenters. The summed E-state index contributed by atoms with van der Waals surface area (Å²) in [5.41, 5.74) is 2.22. The molecule has 0 spiro atoms. The van der Waals surface area contributed by atoms with E-state index in [-0.39, 0.29) is 5.69 Å². The Morgan fingerprint density at radius 3 is 2.75 bits per heavy atom. The molecule has 0 aliphatic carbocycles. The molecular weight excluding hydrogens is 280 g/mol. The second-order valence-corrected chi connectivity index (χ2v) is 4.72. The summed E-state index contributed by atoms with van der Waals surface area (Å²) >= 11 is 5.86. The zero-order valence-electron chi connectivity index (χ0n) is 10.8. The van der Waals surface area contributed by atoms with Crippen molar-refractivity contribution in [1.29, 1.82) is 0 Å². The van der Waals surface area contributed by atoms with Crippen molar-refractivity contribution in [1.82, 2.24) is 15.3 Å². The van der Waals surface area contributed by atoms with Crippen LogP contribution in [0.15, 0.2) is 30.6 Å². The third-order valence-electron chi connectivity index (χ3n) is 2.69. The van der Waals surface area contributed by atoms with E-state index in [1.54, 1.807) is 18.5 Å². The van der Waals surface area contributed by atoms with E-state index in [4.69, 9.17) is 11.6 Å². The summed E-state index contributed by atoms with van der Waals surface area (Å²) in [6.45, 7) is 2.68. The van der Waals surface area contributed by atoms with Gasteiger partial charge < -0.3 is 5.32 Å². The lowest BCUT2D eigenvalue weighted by Gasteiger charge is -2.06. The highest BCUT2D eigenvalue weighted by Crippen LogP contribution is 2.22. The van der Waals surface area contributed by atoms with Crippen LogP contribution in [0.2, 0.25) is 5.02 Å². The van der Waals surface area contributed by atoms with Gasteiger partial charge in [0, 0.05) is 42.1 Å². The molecule has 7 heteroatoms. The van der Waals surface area contributed by atoms with Crippen molar-refractivity contribution in [3.05, 3.63) is 62.7 Å². The maximum absolute atomic E-state index is 10.9. The maximum Gasteiger partial charge on any atom is 0.273 e. The van der Waals surface area contributed by atoms with Gasteiger partial charge in [-0.3, -0.25) is 20.1 Å². The molecule has 6 nitrogen and oxygen atoms in total. The summed E-state index contributed by atoms with van der Waals surface area (Å²) in [7, 11) is 0. The van der Waals surface area contributed by atoms with Crippen LogP contribution >= 0.6 is 11.6 Å². The molecule has 0 unspecified atom stereocenters. The smallest absolute Gasteiger partial charge is 0.273 e. The first-order valence-electron chi connectivity index (χ1n) is 5.97. The van der Waals surface area contributed by atoms with Gasteiger partial charge in [-0.2, -0.15) is 0 Å². The number of nitrogens with one attached hydrogen (secondary N) is 1. The number of hydrogen-bond donors (Lipinski definition) is 1. The Bertz CT molecular complexity index is 616. The summed E-state index contributed by atoms with van der Waals surface area (Å²) in [6, 6.07) is 4.51. The van der Waals surface area contributed by atoms with E-state index in [9.17, 15) is 10.1 Å². The van der Waals surface area contributed by atoms with E-state index in [1.807, 2.05) is 6.92 Å². The molecule has 0 bridgehead atoms. The third kappa shape index (κ3) is 3.72. The van der Waals surface area contributed by atoms with Crippen molar-refractivity contribution in [3.8, 4) is 0 Å². The van der Waals surface area contributed by atoms with Crippen molar-refractivity contribution in [2.45, 2.75) is 20.0 Å². The quantitative estimate of drug-likeness (QED) is 0.677. The molecule has 104 valence electrons. The van der Waals surface area contributed by atoms with Crippen LogP contribution in [0.5, 0.6) is 0 Å². The van der Waals surface area contributed by atoms with Crippen molar-refractivity contribution >= 4 is 17.3 Å². The number of halogens is 1. The van der Waals surface area contributed by atoms with Crippen LogP contribution in [-0.4, -0.2) is 14.9 Å². The van der Waals surface area contributed by atoms with Gasteiger partial charge in [0.15, 0.2) is 0 Å². The van der Waals surface area contributed by atoms with Gasteiger partial charge in [0.1, 0.15) is 0 Å². The van der Waals surface area contributed by atoms with Gasteiger partial charge >= 0.3 is 0 Å². The molecule has 0 saturated heterocycles. The van der Waals surface area contributed by atoms with E-state index in [1.165, 1.54) is 12.1 Å². The average molecular weight is 293 g/mol. The molecule has 0 fully saturated rings. The highest BCUT2D eigenvalue weighted by atomic mass is 35.5. The van der Waals surface area contributed by atoms with E-state index >= 15 is 0 Å². The molecular formula is C13H13ClN4O2. The zero-order chi connectivity index (χ0) is 14.5. The number of nitro groups is 1. The van der Waals surface area contributed by atoms with E-state index in [2.05, 4.69) is 15.3 Å². The van der Waals surface area contributed by atoms with Crippen molar-refractivity contribution in [2.24, 2.45) is 0 Å². The highest BCUT2D eigenvalue weighted by Gasteiger charge is 2.13. The summed E-state index contributed by atoms with van der Waals surface area (Å²) in [5.74, 6) is 0. The van der Waals surface area contributed by atoms with Crippen LogP contribution in [0.1, 0.15) is 17.0 Å². The maximum atomic E-state index is 10.9. The number of nitrogens with zero attached hydrogens (tertiary/aromatic N) is 3. The average Bonchev–Trinajstić information content (AvgIpc) is 2.41. The van der Waals surface area contributed by atoms with Gasteiger partial charge in [-0.1, -0.05) is 11.6 Å². The van der Waals surface area contributed by atoms with Crippen LogP contribution in [0, 0.1) is 17.0 Å². The largest absolute Gasteiger partial charge is 0.307 e. The molecule has 1 aromatic carbocycles. The lowest BCUT2D eigenvalue weighted by molar-refractivity contribution is -0.385. The van der Waals surface area contributed by atoms with Crippen LogP contribution in [0.3, 0.4) is 0 Å². The first-order chi connectivity index (χ1) is 9.56. The van der Waals surface area contributed by atoms with Crippen LogP contribution in [0.25, 0.3) is 0 Å². The van der Waals surface area contributed by atoms with E-state index < -0.39 is 4.92 Å². The monoisotopic (exact) mass is 292 g/mol. The Hall–Kier alpha value is -2.05. The Kier molecular flexibility index (Phi) is 4.60. The topological polar surface area (TPSA) is 81.0 Å². The molecule has 2 rings (SSSR count). The SMILES string of the molecule is Cc1cnc(CNCc2cc(Cl)ccc2[N+](=O)[O-])cn1. The minimum atomic E-state index is -0.418. The Morgan fingerprint density at radius 2 is 2.10 bits per heavy atom. The second kappa shape index (κ2) is 6.40. The number of nitro benzene ring substituents is 1. The van der Waals surface area contributed by atoms with E-state index in [0.717, 1.165) is 11.4 Å². The number of aromatic nitrogens is 2. The van der Waals surface area contributed by atoms with Gasteiger partial charge in [0.25, 0.3) is 5.69 Å². The number of hydrogen-bond acceptors (Lipinski definition) is 5. The van der Waals surface area contributed by atoms with Crippen LogP contribution < -0.4 is 5.32 Å². The van der Waals surface area contributed by atoms with Gasteiger partial charge in [-0.05, 0) is 19.1 Å². The molecule has 0 amide bonds. The van der Waals surface area contributed by atoms with Gasteiger partial charge in [0.05, 0.1) is 16.3 Å². The fraction of sp³-hybridized carbons (Fsp3) is 0.231. The minimum Gasteiger partial charge on any atom is -0.307 e. The van der Waals surface area contributed by atoms with E-state index in [0.29, 0.717) is 23.7 Å². The highest BCUT2D eigenvalue weighted by molar-refractivity contribution is 6.30. The molecule has 20 heavy (non-hydrogen) atoms. The molecule has 2 aromatic rings. The normalized spacial score (nSPS) is 10.5.